The van der Waals surface area contributed by atoms with Gasteiger partial charge in [-0.05, 0) is 42.7 Å². The van der Waals surface area contributed by atoms with E-state index < -0.39 is 27.2 Å². The average Bonchev–Trinajstić information content (AvgIpc) is 3.28. The molecule has 0 fully saturated rings. The first-order valence-electron chi connectivity index (χ1n) is 11.3. The van der Waals surface area contributed by atoms with Gasteiger partial charge in [-0.3, -0.25) is 23.4 Å². The second-order valence-electron chi connectivity index (χ2n) is 8.35. The van der Waals surface area contributed by atoms with Crippen LogP contribution in [0.2, 0.25) is 0 Å². The third-order valence-corrected chi connectivity index (χ3v) is 7.91. The first-order valence-corrected chi connectivity index (χ1v) is 12.7. The average molecular weight is 498 g/mol. The molecule has 0 unspecified atom stereocenters. The van der Waals surface area contributed by atoms with E-state index in [0.717, 1.165) is 16.9 Å². The lowest BCUT2D eigenvalue weighted by atomic mass is 10.2. The standard InChI is InChI=1S/C24H27N5O5S/c1-3-4-13-28-21(25)20(22(30)26-24(28)32)27(2)23(31)17-9-7-10-18(15-17)35(33,34)29-14-12-16-8-5-6-11-19(16)29/h5-11,15H,3-4,12-14,25H2,1-2H3,(H,26,30,32). The third kappa shape index (κ3) is 4.34. The number of para-hydroxylation sites is 1. The Bertz CT molecular complexity index is 1510. The summed E-state index contributed by atoms with van der Waals surface area (Å²) in [4.78, 5) is 41.2. The van der Waals surface area contributed by atoms with Crippen molar-refractivity contribution >= 4 is 33.1 Å². The summed E-state index contributed by atoms with van der Waals surface area (Å²) in [5, 5.41) is 0. The summed E-state index contributed by atoms with van der Waals surface area (Å²) in [6.45, 7) is 2.55. The van der Waals surface area contributed by atoms with E-state index in [1.54, 1.807) is 12.1 Å². The number of fused-ring (bicyclic) bond motifs is 1. The minimum absolute atomic E-state index is 0.0387. The summed E-state index contributed by atoms with van der Waals surface area (Å²) >= 11 is 0. The lowest BCUT2D eigenvalue weighted by molar-refractivity contribution is 0.0992. The normalized spacial score (nSPS) is 13.0. The van der Waals surface area contributed by atoms with Gasteiger partial charge in [0.05, 0.1) is 10.6 Å². The number of carbonyl (C=O) groups excluding carboxylic acids is 1. The Hall–Kier alpha value is -3.86. The Morgan fingerprint density at radius 1 is 1.14 bits per heavy atom. The second-order valence-corrected chi connectivity index (χ2v) is 10.2. The van der Waals surface area contributed by atoms with E-state index in [1.807, 2.05) is 19.1 Å². The van der Waals surface area contributed by atoms with Crippen molar-refractivity contribution in [3.05, 3.63) is 80.5 Å². The molecule has 0 bridgehead atoms. The fourth-order valence-corrected chi connectivity index (χ4v) is 5.76. The number of aromatic nitrogens is 2. The molecule has 35 heavy (non-hydrogen) atoms. The molecule has 0 aliphatic carbocycles. The van der Waals surface area contributed by atoms with Gasteiger partial charge in [0.1, 0.15) is 5.82 Å². The molecule has 0 radical (unpaired) electrons. The molecule has 10 nitrogen and oxygen atoms in total. The number of benzene rings is 2. The van der Waals surface area contributed by atoms with Crippen LogP contribution in [-0.2, 0) is 23.0 Å². The molecule has 11 heteroatoms. The van der Waals surface area contributed by atoms with E-state index in [9.17, 15) is 22.8 Å². The highest BCUT2D eigenvalue weighted by atomic mass is 32.2. The van der Waals surface area contributed by atoms with Gasteiger partial charge in [-0.1, -0.05) is 37.6 Å². The number of nitrogens with zero attached hydrogens (tertiary/aromatic N) is 3. The number of hydrogen-bond donors (Lipinski definition) is 2. The highest BCUT2D eigenvalue weighted by molar-refractivity contribution is 7.92. The molecular formula is C24H27N5O5S. The van der Waals surface area contributed by atoms with E-state index in [1.165, 1.54) is 40.2 Å². The minimum Gasteiger partial charge on any atom is -0.383 e. The highest BCUT2D eigenvalue weighted by Gasteiger charge is 2.31. The predicted molar refractivity (Wildman–Crippen MR) is 134 cm³/mol. The van der Waals surface area contributed by atoms with E-state index >= 15 is 0 Å². The van der Waals surface area contributed by atoms with Gasteiger partial charge >= 0.3 is 5.69 Å². The number of unbranched alkanes of at least 4 members (excludes halogenated alkanes) is 1. The van der Waals surface area contributed by atoms with E-state index in [0.29, 0.717) is 25.1 Å². The number of hydrogen-bond acceptors (Lipinski definition) is 6. The largest absolute Gasteiger partial charge is 0.383 e. The molecular weight excluding hydrogens is 470 g/mol. The number of carbonyl (C=O) groups is 1. The molecule has 184 valence electrons. The van der Waals surface area contributed by atoms with Gasteiger partial charge in [0.15, 0.2) is 5.69 Å². The van der Waals surface area contributed by atoms with Crippen molar-refractivity contribution in [1.29, 1.82) is 0 Å². The van der Waals surface area contributed by atoms with Crippen molar-refractivity contribution in [3.8, 4) is 0 Å². The van der Waals surface area contributed by atoms with Crippen LogP contribution in [0.5, 0.6) is 0 Å². The highest BCUT2D eigenvalue weighted by Crippen LogP contribution is 2.33. The first kappa shape index (κ1) is 24.3. The van der Waals surface area contributed by atoms with Crippen molar-refractivity contribution in [2.75, 3.05) is 28.5 Å². The van der Waals surface area contributed by atoms with Crippen LogP contribution in [0, 0.1) is 0 Å². The molecule has 0 spiro atoms. The Morgan fingerprint density at radius 2 is 1.89 bits per heavy atom. The van der Waals surface area contributed by atoms with Crippen LogP contribution >= 0.6 is 0 Å². The number of aromatic amines is 1. The number of amides is 1. The molecule has 2 heterocycles. The van der Waals surface area contributed by atoms with Crippen molar-refractivity contribution < 1.29 is 13.2 Å². The number of rotatable bonds is 7. The maximum atomic E-state index is 13.4. The predicted octanol–water partition coefficient (Wildman–Crippen LogP) is 1.95. The molecule has 4 rings (SSSR count). The number of nitrogens with two attached hydrogens (primary N) is 1. The van der Waals surface area contributed by atoms with Crippen LogP contribution in [-0.4, -0.2) is 37.5 Å². The fourth-order valence-electron chi connectivity index (χ4n) is 4.21. The molecule has 1 aliphatic heterocycles. The summed E-state index contributed by atoms with van der Waals surface area (Å²) in [6.07, 6.45) is 2.07. The molecule has 3 aromatic rings. The van der Waals surface area contributed by atoms with Crippen molar-refractivity contribution in [2.45, 2.75) is 37.6 Å². The minimum atomic E-state index is -3.91. The van der Waals surface area contributed by atoms with Gasteiger partial charge < -0.3 is 10.6 Å². The van der Waals surface area contributed by atoms with Gasteiger partial charge in [-0.15, -0.1) is 0 Å². The molecule has 3 N–H and O–H groups in total. The number of nitrogens with one attached hydrogen (secondary N) is 1. The lowest BCUT2D eigenvalue weighted by Crippen LogP contribution is -2.39. The maximum absolute atomic E-state index is 13.4. The van der Waals surface area contributed by atoms with Crippen LogP contribution in [0.4, 0.5) is 17.2 Å². The fraction of sp³-hybridized carbons (Fsp3) is 0.292. The summed E-state index contributed by atoms with van der Waals surface area (Å²) in [6, 6.07) is 12.9. The SMILES string of the molecule is CCCCn1c(N)c(N(C)C(=O)c2cccc(S(=O)(=O)N3CCc4ccccc43)c2)c(=O)[nH]c1=O. The van der Waals surface area contributed by atoms with Crippen LogP contribution < -0.4 is 26.2 Å². The van der Waals surface area contributed by atoms with Crippen LogP contribution in [0.25, 0.3) is 0 Å². The van der Waals surface area contributed by atoms with Crippen molar-refractivity contribution in [2.24, 2.45) is 0 Å². The molecule has 2 aromatic carbocycles. The zero-order valence-electron chi connectivity index (χ0n) is 19.5. The van der Waals surface area contributed by atoms with Gasteiger partial charge in [0.25, 0.3) is 21.5 Å². The molecule has 1 aromatic heterocycles. The van der Waals surface area contributed by atoms with Crippen LogP contribution in [0.1, 0.15) is 35.7 Å². The van der Waals surface area contributed by atoms with Gasteiger partial charge in [-0.2, -0.15) is 0 Å². The van der Waals surface area contributed by atoms with Crippen LogP contribution in [0.15, 0.2) is 63.0 Å². The summed E-state index contributed by atoms with van der Waals surface area (Å²) in [7, 11) is -2.56. The van der Waals surface area contributed by atoms with Crippen molar-refractivity contribution in [1.82, 2.24) is 9.55 Å². The van der Waals surface area contributed by atoms with Crippen molar-refractivity contribution in [3.63, 3.8) is 0 Å². The smallest absolute Gasteiger partial charge is 0.330 e. The Labute approximate surface area is 202 Å². The Morgan fingerprint density at radius 3 is 2.63 bits per heavy atom. The lowest BCUT2D eigenvalue weighted by Gasteiger charge is -2.22. The Balaban J connectivity index is 1.69. The van der Waals surface area contributed by atoms with E-state index in [2.05, 4.69) is 4.98 Å². The van der Waals surface area contributed by atoms with Gasteiger partial charge in [0.2, 0.25) is 0 Å². The molecule has 0 saturated heterocycles. The monoisotopic (exact) mass is 497 g/mol. The van der Waals surface area contributed by atoms with E-state index in [4.69, 9.17) is 5.73 Å². The number of sulfonamides is 1. The molecule has 1 aliphatic rings. The Kier molecular flexibility index (Phi) is 6.53. The summed E-state index contributed by atoms with van der Waals surface area (Å²) in [5.74, 6) is -0.762. The summed E-state index contributed by atoms with van der Waals surface area (Å²) in [5.41, 5.74) is 6.12. The number of nitrogen functional groups attached to an aromatic ring is 1. The number of H-pyrrole nitrogens is 1. The van der Waals surface area contributed by atoms with Crippen LogP contribution in [0.3, 0.4) is 0 Å². The first-order chi connectivity index (χ1) is 16.7. The summed E-state index contributed by atoms with van der Waals surface area (Å²) < 4.78 is 29.3. The zero-order valence-corrected chi connectivity index (χ0v) is 20.3. The molecule has 0 saturated carbocycles. The van der Waals surface area contributed by atoms with Gasteiger partial charge in [-0.25, -0.2) is 13.2 Å². The number of anilines is 3. The van der Waals surface area contributed by atoms with E-state index in [-0.39, 0.29) is 28.5 Å². The van der Waals surface area contributed by atoms with Gasteiger partial charge in [0, 0.05) is 25.7 Å². The quantitative estimate of drug-likeness (QED) is 0.512. The molecule has 1 amide bonds. The second kappa shape index (κ2) is 9.41. The maximum Gasteiger partial charge on any atom is 0.330 e. The topological polar surface area (TPSA) is 139 Å². The zero-order chi connectivity index (χ0) is 25.3. The third-order valence-electron chi connectivity index (χ3n) is 6.10. The molecule has 0 atom stereocenters.